The molecule has 2 aromatic heterocycles. The maximum atomic E-state index is 5.84. The number of nitrogens with one attached hydrogen (secondary N) is 1. The van der Waals surface area contributed by atoms with E-state index in [1.54, 1.807) is 12.4 Å². The van der Waals surface area contributed by atoms with Gasteiger partial charge in [0.05, 0.1) is 6.20 Å². The Kier molecular flexibility index (Phi) is 3.05. The molecule has 1 aliphatic rings. The summed E-state index contributed by atoms with van der Waals surface area (Å²) in [4.78, 5) is 8.74. The van der Waals surface area contributed by atoms with Crippen molar-refractivity contribution < 1.29 is 0 Å². The Morgan fingerprint density at radius 1 is 1.32 bits per heavy atom. The number of aromatic nitrogens is 3. The normalized spacial score (nSPS) is 27.6. The van der Waals surface area contributed by atoms with Gasteiger partial charge in [-0.15, -0.1) is 0 Å². The van der Waals surface area contributed by atoms with Crippen molar-refractivity contribution >= 4 is 17.3 Å². The van der Waals surface area contributed by atoms with E-state index in [1.807, 2.05) is 10.6 Å². The largest absolute Gasteiger partial charge is 0.382 e. The lowest BCUT2D eigenvalue weighted by molar-refractivity contribution is 0.260. The molecule has 3 N–H and O–H groups in total. The van der Waals surface area contributed by atoms with Crippen LogP contribution in [0.4, 0.5) is 11.6 Å². The van der Waals surface area contributed by atoms with Crippen LogP contribution in [0.3, 0.4) is 0 Å². The Labute approximate surface area is 113 Å². The minimum Gasteiger partial charge on any atom is -0.382 e. The van der Waals surface area contributed by atoms with Crippen LogP contribution in [0.15, 0.2) is 18.6 Å². The second kappa shape index (κ2) is 4.72. The molecule has 19 heavy (non-hydrogen) atoms. The van der Waals surface area contributed by atoms with E-state index in [4.69, 9.17) is 5.73 Å². The third-order valence-corrected chi connectivity index (χ3v) is 4.33. The highest BCUT2D eigenvalue weighted by Crippen LogP contribution is 2.31. The average Bonchev–Trinajstić information content (AvgIpc) is 2.82. The first kappa shape index (κ1) is 12.3. The van der Waals surface area contributed by atoms with Crippen LogP contribution < -0.4 is 11.1 Å². The van der Waals surface area contributed by atoms with Crippen LogP contribution >= 0.6 is 0 Å². The summed E-state index contributed by atoms with van der Waals surface area (Å²) in [5, 5.41) is 3.53. The molecular formula is C14H21N5. The van der Waals surface area contributed by atoms with Gasteiger partial charge in [0.2, 0.25) is 0 Å². The quantitative estimate of drug-likeness (QED) is 0.869. The van der Waals surface area contributed by atoms with Crippen molar-refractivity contribution in [1.29, 1.82) is 0 Å². The number of fused-ring (bicyclic) bond motifs is 1. The van der Waals surface area contributed by atoms with E-state index in [0.29, 0.717) is 11.9 Å². The number of rotatable bonds is 2. The molecule has 1 fully saturated rings. The minimum absolute atomic E-state index is 0.473. The van der Waals surface area contributed by atoms with Crippen LogP contribution in [0.5, 0.6) is 0 Å². The third kappa shape index (κ3) is 2.37. The standard InChI is InChI=1S/C14H21N5/c1-9-3-4-11(7-10(9)2)17-13-14-16-5-6-19(14)8-12(15)18-13/h5-6,8-11H,3-4,7,15H2,1-2H3,(H,17,18). The zero-order valence-electron chi connectivity index (χ0n) is 11.5. The van der Waals surface area contributed by atoms with Crippen LogP contribution in [0.1, 0.15) is 33.1 Å². The minimum atomic E-state index is 0.473. The summed E-state index contributed by atoms with van der Waals surface area (Å²) in [5.74, 6) is 2.89. The van der Waals surface area contributed by atoms with Crippen LogP contribution in [0, 0.1) is 11.8 Å². The molecule has 5 heteroatoms. The summed E-state index contributed by atoms with van der Waals surface area (Å²) in [6.45, 7) is 4.67. The number of nitrogen functional groups attached to an aromatic ring is 1. The summed E-state index contributed by atoms with van der Waals surface area (Å²) in [5.41, 5.74) is 6.69. The highest BCUT2D eigenvalue weighted by molar-refractivity contribution is 5.65. The van der Waals surface area contributed by atoms with Crippen LogP contribution in [-0.2, 0) is 0 Å². The van der Waals surface area contributed by atoms with Crippen LogP contribution in [-0.4, -0.2) is 20.4 Å². The van der Waals surface area contributed by atoms with E-state index in [9.17, 15) is 0 Å². The molecule has 3 rings (SSSR count). The predicted molar refractivity (Wildman–Crippen MR) is 77.0 cm³/mol. The Balaban J connectivity index is 1.83. The number of nitrogens with zero attached hydrogens (tertiary/aromatic N) is 3. The lowest BCUT2D eigenvalue weighted by Gasteiger charge is -2.32. The number of nitrogens with two attached hydrogens (primary N) is 1. The van der Waals surface area contributed by atoms with Crippen LogP contribution in [0.25, 0.3) is 5.65 Å². The van der Waals surface area contributed by atoms with Crippen molar-refractivity contribution in [3.8, 4) is 0 Å². The predicted octanol–water partition coefficient (Wildman–Crippen LogP) is 2.55. The Bertz CT molecular complexity index is 576. The van der Waals surface area contributed by atoms with Crippen molar-refractivity contribution in [3.05, 3.63) is 18.6 Å². The monoisotopic (exact) mass is 259 g/mol. The Morgan fingerprint density at radius 2 is 2.16 bits per heavy atom. The van der Waals surface area contributed by atoms with Crippen molar-refractivity contribution in [2.75, 3.05) is 11.1 Å². The van der Waals surface area contributed by atoms with E-state index >= 15 is 0 Å². The highest BCUT2D eigenvalue weighted by atomic mass is 15.1. The molecule has 1 saturated carbocycles. The summed E-state index contributed by atoms with van der Waals surface area (Å²) >= 11 is 0. The molecule has 0 spiro atoms. The molecule has 102 valence electrons. The SMILES string of the molecule is CC1CCC(Nc2nc(N)cn3ccnc23)CC1C. The second-order valence-electron chi connectivity index (χ2n) is 5.78. The summed E-state index contributed by atoms with van der Waals surface area (Å²) in [6.07, 6.45) is 9.10. The third-order valence-electron chi connectivity index (χ3n) is 4.33. The molecule has 0 saturated heterocycles. The molecule has 2 heterocycles. The van der Waals surface area contributed by atoms with Gasteiger partial charge in [0.25, 0.3) is 0 Å². The average molecular weight is 259 g/mol. The van der Waals surface area contributed by atoms with Gasteiger partial charge in [-0.05, 0) is 31.1 Å². The van der Waals surface area contributed by atoms with Gasteiger partial charge in [-0.1, -0.05) is 13.8 Å². The fraction of sp³-hybridized carbons (Fsp3) is 0.571. The lowest BCUT2D eigenvalue weighted by atomic mass is 9.79. The van der Waals surface area contributed by atoms with Gasteiger partial charge in [-0.3, -0.25) is 0 Å². The maximum Gasteiger partial charge on any atom is 0.180 e. The van der Waals surface area contributed by atoms with Gasteiger partial charge in [-0.25, -0.2) is 9.97 Å². The van der Waals surface area contributed by atoms with Gasteiger partial charge in [0, 0.05) is 18.4 Å². The van der Waals surface area contributed by atoms with E-state index in [0.717, 1.165) is 23.3 Å². The highest BCUT2D eigenvalue weighted by Gasteiger charge is 2.25. The Hall–Kier alpha value is -1.78. The van der Waals surface area contributed by atoms with Gasteiger partial charge < -0.3 is 15.5 Å². The Morgan fingerprint density at radius 3 is 2.95 bits per heavy atom. The van der Waals surface area contributed by atoms with E-state index in [1.165, 1.54) is 19.3 Å². The summed E-state index contributed by atoms with van der Waals surface area (Å²) in [6, 6.07) is 0.473. The molecule has 5 nitrogen and oxygen atoms in total. The van der Waals surface area contributed by atoms with E-state index < -0.39 is 0 Å². The fourth-order valence-corrected chi connectivity index (χ4v) is 2.92. The van der Waals surface area contributed by atoms with Crippen molar-refractivity contribution in [2.24, 2.45) is 11.8 Å². The summed E-state index contributed by atoms with van der Waals surface area (Å²) in [7, 11) is 0. The molecule has 3 atom stereocenters. The summed E-state index contributed by atoms with van der Waals surface area (Å²) < 4.78 is 1.92. The molecular weight excluding hydrogens is 238 g/mol. The van der Waals surface area contributed by atoms with Crippen molar-refractivity contribution in [3.63, 3.8) is 0 Å². The zero-order valence-corrected chi connectivity index (χ0v) is 11.5. The van der Waals surface area contributed by atoms with Gasteiger partial charge >= 0.3 is 0 Å². The smallest absolute Gasteiger partial charge is 0.180 e. The van der Waals surface area contributed by atoms with Gasteiger partial charge in [-0.2, -0.15) is 0 Å². The molecule has 2 aromatic rings. The van der Waals surface area contributed by atoms with E-state index in [2.05, 4.69) is 29.1 Å². The first-order valence-electron chi connectivity index (χ1n) is 6.99. The van der Waals surface area contributed by atoms with Gasteiger partial charge in [0.15, 0.2) is 11.5 Å². The molecule has 0 amide bonds. The lowest BCUT2D eigenvalue weighted by Crippen LogP contribution is -2.30. The molecule has 0 aliphatic heterocycles. The second-order valence-corrected chi connectivity index (χ2v) is 5.78. The molecule has 0 bridgehead atoms. The maximum absolute atomic E-state index is 5.84. The van der Waals surface area contributed by atoms with Crippen molar-refractivity contribution in [2.45, 2.75) is 39.2 Å². The molecule has 0 radical (unpaired) electrons. The van der Waals surface area contributed by atoms with Crippen LogP contribution in [0.2, 0.25) is 0 Å². The first-order chi connectivity index (χ1) is 9.13. The topological polar surface area (TPSA) is 68.2 Å². The first-order valence-corrected chi connectivity index (χ1v) is 6.99. The van der Waals surface area contributed by atoms with Gasteiger partial charge in [0.1, 0.15) is 5.82 Å². The zero-order chi connectivity index (χ0) is 13.4. The number of hydrogen-bond donors (Lipinski definition) is 2. The number of imidazole rings is 1. The molecule has 3 unspecified atom stereocenters. The molecule has 1 aliphatic carbocycles. The van der Waals surface area contributed by atoms with E-state index in [-0.39, 0.29) is 0 Å². The fourth-order valence-electron chi connectivity index (χ4n) is 2.92. The molecule has 0 aromatic carbocycles. The number of hydrogen-bond acceptors (Lipinski definition) is 4. The van der Waals surface area contributed by atoms with Crippen molar-refractivity contribution in [1.82, 2.24) is 14.4 Å². The number of anilines is 2.